The summed E-state index contributed by atoms with van der Waals surface area (Å²) in [6, 6.07) is 9.38. The Hall–Kier alpha value is -2.28. The van der Waals surface area contributed by atoms with Crippen molar-refractivity contribution >= 4 is 17.8 Å². The van der Waals surface area contributed by atoms with Crippen LogP contribution in [-0.4, -0.2) is 52.0 Å². The second-order valence-corrected chi connectivity index (χ2v) is 11.8. The Bertz CT molecular complexity index is 1070. The summed E-state index contributed by atoms with van der Waals surface area (Å²) in [4.78, 5) is 27.3. The van der Waals surface area contributed by atoms with Crippen molar-refractivity contribution in [2.75, 3.05) is 6.61 Å². The number of ether oxygens (including phenoxy) is 2. The number of allylic oxidation sites excluding steroid dienone is 1. The average molecular weight is 481 g/mol. The molecular formula is C29H36O6. The minimum Gasteiger partial charge on any atom is -0.447 e. The lowest BCUT2D eigenvalue weighted by atomic mass is 9.77. The Morgan fingerprint density at radius 1 is 1.23 bits per heavy atom. The first-order valence-corrected chi connectivity index (χ1v) is 12.7. The summed E-state index contributed by atoms with van der Waals surface area (Å²) in [5.41, 5.74) is -0.929. The SMILES string of the molecule is C[C@H]1C[C@]2(OC(=O)/C=C/c3ccccc3)C(=O)C(CO)=C[C@@H]3[C@H](CCC4(C)OC4[C@H]2[C@H]1O)C3(C)C. The Balaban J connectivity index is 1.55. The van der Waals surface area contributed by atoms with Crippen LogP contribution in [0.3, 0.4) is 0 Å². The van der Waals surface area contributed by atoms with E-state index in [9.17, 15) is 19.8 Å². The molecule has 0 bridgehead atoms. The van der Waals surface area contributed by atoms with Crippen LogP contribution in [0.5, 0.6) is 0 Å². The number of hydrogen-bond acceptors (Lipinski definition) is 6. The first kappa shape index (κ1) is 24.4. The number of rotatable bonds is 4. The summed E-state index contributed by atoms with van der Waals surface area (Å²) in [6.07, 6.45) is 5.56. The summed E-state index contributed by atoms with van der Waals surface area (Å²) >= 11 is 0. The highest BCUT2D eigenvalue weighted by Gasteiger charge is 2.71. The predicted molar refractivity (Wildman–Crippen MR) is 131 cm³/mol. The summed E-state index contributed by atoms with van der Waals surface area (Å²) in [7, 11) is 0. The quantitative estimate of drug-likeness (QED) is 0.388. The number of carbonyl (C=O) groups excluding carboxylic acids is 2. The van der Waals surface area contributed by atoms with Gasteiger partial charge in [0.2, 0.25) is 5.78 Å². The van der Waals surface area contributed by atoms with Crippen molar-refractivity contribution in [2.45, 2.75) is 70.4 Å². The molecule has 0 amide bonds. The number of esters is 1. The number of fused-ring (bicyclic) bond motifs is 4. The van der Waals surface area contributed by atoms with Crippen LogP contribution in [0.4, 0.5) is 0 Å². The maximum absolute atomic E-state index is 14.2. The van der Waals surface area contributed by atoms with Gasteiger partial charge in [-0.05, 0) is 54.6 Å². The zero-order chi connectivity index (χ0) is 25.2. The first-order valence-electron chi connectivity index (χ1n) is 12.7. The van der Waals surface area contributed by atoms with E-state index in [1.54, 1.807) is 6.08 Å². The molecule has 1 heterocycles. The topological polar surface area (TPSA) is 96.4 Å². The highest BCUT2D eigenvalue weighted by Crippen LogP contribution is 2.64. The first-order chi connectivity index (χ1) is 16.5. The number of Topliss-reactive ketones (excluding diaryl/α,β-unsaturated/α-hetero) is 1. The van der Waals surface area contributed by atoms with Gasteiger partial charge in [-0.1, -0.05) is 57.2 Å². The van der Waals surface area contributed by atoms with E-state index >= 15 is 0 Å². The van der Waals surface area contributed by atoms with Gasteiger partial charge in [0.05, 0.1) is 30.3 Å². The van der Waals surface area contributed by atoms with Gasteiger partial charge in [0.15, 0.2) is 5.60 Å². The maximum atomic E-state index is 14.2. The van der Waals surface area contributed by atoms with Crippen LogP contribution in [-0.2, 0) is 19.1 Å². The van der Waals surface area contributed by atoms with E-state index in [4.69, 9.17) is 9.47 Å². The normalized spacial score (nSPS) is 41.8. The number of aliphatic hydroxyl groups is 2. The van der Waals surface area contributed by atoms with Gasteiger partial charge in [0, 0.05) is 18.1 Å². The summed E-state index contributed by atoms with van der Waals surface area (Å²) in [6.45, 7) is 7.84. The highest BCUT2D eigenvalue weighted by atomic mass is 16.6. The number of ketones is 1. The van der Waals surface area contributed by atoms with Crippen molar-refractivity contribution in [2.24, 2.45) is 29.1 Å². The number of hydrogen-bond donors (Lipinski definition) is 2. The molecule has 1 aromatic rings. The van der Waals surface area contributed by atoms with Crippen molar-refractivity contribution in [3.63, 3.8) is 0 Å². The highest BCUT2D eigenvalue weighted by molar-refractivity contribution is 6.04. The lowest BCUT2D eigenvalue weighted by Gasteiger charge is -2.34. The minimum atomic E-state index is -1.59. The van der Waals surface area contributed by atoms with Gasteiger partial charge in [-0.15, -0.1) is 0 Å². The van der Waals surface area contributed by atoms with Crippen molar-refractivity contribution in [3.8, 4) is 0 Å². The third kappa shape index (κ3) is 4.00. The van der Waals surface area contributed by atoms with E-state index in [1.165, 1.54) is 6.08 Å². The van der Waals surface area contributed by atoms with Crippen molar-refractivity contribution < 1.29 is 29.3 Å². The lowest BCUT2D eigenvalue weighted by Crippen LogP contribution is -2.52. The van der Waals surface area contributed by atoms with Gasteiger partial charge in [0.25, 0.3) is 0 Å². The maximum Gasteiger partial charge on any atom is 0.331 e. The molecule has 5 rings (SSSR count). The van der Waals surface area contributed by atoms with E-state index < -0.39 is 47.7 Å². The summed E-state index contributed by atoms with van der Waals surface area (Å²) in [5.74, 6) is -1.45. The van der Waals surface area contributed by atoms with E-state index in [-0.39, 0.29) is 29.2 Å². The van der Waals surface area contributed by atoms with Crippen LogP contribution in [0, 0.1) is 29.1 Å². The smallest absolute Gasteiger partial charge is 0.331 e. The van der Waals surface area contributed by atoms with Crippen molar-refractivity contribution in [1.29, 1.82) is 0 Å². The molecule has 0 aromatic heterocycles. The van der Waals surface area contributed by atoms with Crippen LogP contribution in [0.15, 0.2) is 48.1 Å². The summed E-state index contributed by atoms with van der Waals surface area (Å²) in [5, 5.41) is 21.5. The minimum absolute atomic E-state index is 0.0325. The van der Waals surface area contributed by atoms with Gasteiger partial charge >= 0.3 is 5.97 Å². The molecule has 1 aromatic carbocycles. The Morgan fingerprint density at radius 3 is 2.63 bits per heavy atom. The molecule has 35 heavy (non-hydrogen) atoms. The van der Waals surface area contributed by atoms with Gasteiger partial charge < -0.3 is 19.7 Å². The van der Waals surface area contributed by atoms with E-state index in [0.29, 0.717) is 5.92 Å². The Labute approximate surface area is 207 Å². The molecule has 0 spiro atoms. The van der Waals surface area contributed by atoms with Crippen LogP contribution < -0.4 is 0 Å². The molecule has 6 nitrogen and oxygen atoms in total. The molecule has 0 radical (unpaired) electrons. The molecule has 3 fully saturated rings. The van der Waals surface area contributed by atoms with Gasteiger partial charge in [-0.25, -0.2) is 4.79 Å². The zero-order valence-corrected chi connectivity index (χ0v) is 20.9. The fraction of sp³-hybridized carbons (Fsp3) is 0.586. The molecule has 3 aliphatic carbocycles. The average Bonchev–Trinajstić information content (AvgIpc) is 3.60. The molecule has 188 valence electrons. The van der Waals surface area contributed by atoms with Crippen LogP contribution in [0.1, 0.15) is 52.5 Å². The van der Waals surface area contributed by atoms with E-state index in [2.05, 4.69) is 13.8 Å². The second kappa shape index (κ2) is 8.39. The Morgan fingerprint density at radius 2 is 1.94 bits per heavy atom. The molecule has 2 saturated carbocycles. The predicted octanol–water partition coefficient (Wildman–Crippen LogP) is 3.71. The number of carbonyl (C=O) groups is 2. The fourth-order valence-corrected chi connectivity index (χ4v) is 6.84. The van der Waals surface area contributed by atoms with E-state index in [1.807, 2.05) is 50.3 Å². The number of benzene rings is 1. The largest absolute Gasteiger partial charge is 0.447 e. The molecule has 6 heteroatoms. The molecule has 2 unspecified atom stereocenters. The van der Waals surface area contributed by atoms with Crippen molar-refractivity contribution in [1.82, 2.24) is 0 Å². The van der Waals surface area contributed by atoms with Crippen LogP contribution >= 0.6 is 0 Å². The second-order valence-electron chi connectivity index (χ2n) is 11.8. The lowest BCUT2D eigenvalue weighted by molar-refractivity contribution is -0.168. The molecule has 1 aliphatic heterocycles. The Kier molecular flexibility index (Phi) is 5.86. The fourth-order valence-electron chi connectivity index (χ4n) is 6.84. The summed E-state index contributed by atoms with van der Waals surface area (Å²) < 4.78 is 12.3. The van der Waals surface area contributed by atoms with Gasteiger partial charge in [-0.2, -0.15) is 0 Å². The molecule has 1 saturated heterocycles. The van der Waals surface area contributed by atoms with Crippen LogP contribution in [0.25, 0.3) is 6.08 Å². The number of aliphatic hydroxyl groups excluding tert-OH is 2. The monoisotopic (exact) mass is 480 g/mol. The third-order valence-electron chi connectivity index (χ3n) is 9.19. The molecule has 2 N–H and O–H groups in total. The van der Waals surface area contributed by atoms with E-state index in [0.717, 1.165) is 18.4 Å². The van der Waals surface area contributed by atoms with Crippen LogP contribution in [0.2, 0.25) is 0 Å². The zero-order valence-electron chi connectivity index (χ0n) is 20.9. The molecular weight excluding hydrogens is 444 g/mol. The third-order valence-corrected chi connectivity index (χ3v) is 9.19. The van der Waals surface area contributed by atoms with Crippen molar-refractivity contribution in [3.05, 3.63) is 53.6 Å². The number of epoxide rings is 1. The standard InChI is InChI=1S/C29H36O6/c1-17-15-29(34-22(31)11-10-18-8-6-5-7-9-18)23(24(17)32)26-28(4,35-26)13-12-20-21(27(20,2)3)14-19(16-30)25(29)33/h5-11,14,17,20-21,23-24,26,30,32H,12-13,15-16H2,1-4H3/b11-10+,19-14?/t17-,20-,21+,23+,24-,26?,28?,29+/m0/s1. The molecule has 4 aliphatic rings. The van der Waals surface area contributed by atoms with Gasteiger partial charge in [-0.3, -0.25) is 4.79 Å². The molecule has 8 atom stereocenters. The van der Waals surface area contributed by atoms with Gasteiger partial charge in [0.1, 0.15) is 0 Å².